The third-order valence-corrected chi connectivity index (χ3v) is 4.92. The van der Waals surface area contributed by atoms with E-state index >= 15 is 0 Å². The van der Waals surface area contributed by atoms with Crippen LogP contribution in [0.1, 0.15) is 23.2 Å². The summed E-state index contributed by atoms with van der Waals surface area (Å²) in [7, 11) is 0. The van der Waals surface area contributed by atoms with Crippen LogP contribution in [0, 0.1) is 5.92 Å². The third kappa shape index (κ3) is 3.46. The number of hydrogen-bond acceptors (Lipinski definition) is 2. The van der Waals surface area contributed by atoms with Gasteiger partial charge in [0.15, 0.2) is 0 Å². The van der Waals surface area contributed by atoms with E-state index < -0.39 is 0 Å². The average molecular weight is 362 g/mol. The van der Waals surface area contributed by atoms with Crippen LogP contribution in [0.25, 0.3) is 0 Å². The van der Waals surface area contributed by atoms with Crippen LogP contribution in [0.5, 0.6) is 0 Å². The Morgan fingerprint density at radius 2 is 2.05 bits per heavy atom. The highest BCUT2D eigenvalue weighted by Gasteiger charge is 2.25. The molecule has 1 aromatic rings. The van der Waals surface area contributed by atoms with Crippen molar-refractivity contribution in [3.63, 3.8) is 0 Å². The summed E-state index contributed by atoms with van der Waals surface area (Å²) in [4.78, 5) is 14.7. The van der Waals surface area contributed by atoms with Crippen molar-refractivity contribution in [3.8, 4) is 0 Å². The lowest BCUT2D eigenvalue weighted by Crippen LogP contribution is -2.41. The van der Waals surface area contributed by atoms with Crippen molar-refractivity contribution in [2.45, 2.75) is 12.8 Å². The molecule has 0 radical (unpaired) electrons. The third-order valence-electron chi connectivity index (χ3n) is 3.35. The molecule has 0 atom stereocenters. The Labute approximate surface area is 131 Å². The van der Waals surface area contributed by atoms with Crippen LogP contribution >= 0.6 is 39.7 Å². The largest absolute Gasteiger partial charge is 0.393 e. The first-order valence-electron chi connectivity index (χ1n) is 6.02. The highest BCUT2D eigenvalue weighted by Crippen LogP contribution is 2.25. The van der Waals surface area contributed by atoms with Gasteiger partial charge in [0.1, 0.15) is 0 Å². The van der Waals surface area contributed by atoms with E-state index in [1.165, 1.54) is 0 Å². The van der Waals surface area contributed by atoms with E-state index in [0.29, 0.717) is 28.7 Å². The molecule has 0 bridgehead atoms. The van der Waals surface area contributed by atoms with Crippen molar-refractivity contribution in [3.05, 3.63) is 33.3 Å². The Morgan fingerprint density at radius 3 is 2.58 bits per heavy atom. The van der Waals surface area contributed by atoms with E-state index in [-0.39, 0.29) is 11.8 Å². The normalized spacial score (nSPS) is 16.4. The number of amides is 1. The number of nitrogens with two attached hydrogens (primary N) is 1. The summed E-state index contributed by atoms with van der Waals surface area (Å²) in [6, 6.07) is 5.25. The van der Waals surface area contributed by atoms with Gasteiger partial charge in [-0.3, -0.25) is 4.79 Å². The maximum atomic E-state index is 12.3. The van der Waals surface area contributed by atoms with Crippen LogP contribution in [0.3, 0.4) is 0 Å². The molecule has 1 fully saturated rings. The summed E-state index contributed by atoms with van der Waals surface area (Å²) in [5, 5.41) is 0.545. The van der Waals surface area contributed by atoms with E-state index in [2.05, 4.69) is 15.9 Å². The fraction of sp³-hybridized carbons (Fsp3) is 0.385. The van der Waals surface area contributed by atoms with Crippen molar-refractivity contribution in [1.29, 1.82) is 0 Å². The van der Waals surface area contributed by atoms with Gasteiger partial charge in [-0.05, 0) is 47.0 Å². The molecule has 0 saturated carbocycles. The molecule has 2 rings (SSSR count). The summed E-state index contributed by atoms with van der Waals surface area (Å²) < 4.78 is 0.790. The van der Waals surface area contributed by atoms with E-state index in [9.17, 15) is 4.79 Å². The van der Waals surface area contributed by atoms with E-state index in [1.54, 1.807) is 18.2 Å². The van der Waals surface area contributed by atoms with Gasteiger partial charge in [-0.2, -0.15) is 0 Å². The van der Waals surface area contributed by atoms with Gasteiger partial charge < -0.3 is 10.6 Å². The summed E-state index contributed by atoms with van der Waals surface area (Å²) in [5.41, 5.74) is 6.25. The highest BCUT2D eigenvalue weighted by molar-refractivity contribution is 9.10. The number of carbonyl (C=O) groups is 1. The fourth-order valence-electron chi connectivity index (χ4n) is 2.18. The molecule has 1 heterocycles. The molecular formula is C13H14BrClN2OS. The maximum Gasteiger partial charge on any atom is 0.253 e. The molecule has 3 nitrogen and oxygen atoms in total. The number of nitrogens with zero attached hydrogens (tertiary/aromatic N) is 1. The zero-order chi connectivity index (χ0) is 14.0. The van der Waals surface area contributed by atoms with Gasteiger partial charge >= 0.3 is 0 Å². The number of benzene rings is 1. The quantitative estimate of drug-likeness (QED) is 0.823. The molecule has 0 unspecified atom stereocenters. The van der Waals surface area contributed by atoms with Crippen molar-refractivity contribution in [2.75, 3.05) is 13.1 Å². The van der Waals surface area contributed by atoms with Crippen LogP contribution in [0.4, 0.5) is 0 Å². The van der Waals surface area contributed by atoms with Crippen molar-refractivity contribution in [1.82, 2.24) is 4.90 Å². The second-order valence-corrected chi connectivity index (χ2v) is 6.33. The van der Waals surface area contributed by atoms with Gasteiger partial charge in [0, 0.05) is 29.0 Å². The van der Waals surface area contributed by atoms with E-state index in [1.807, 2.05) is 4.90 Å². The molecule has 2 N–H and O–H groups in total. The second kappa shape index (κ2) is 6.20. The Morgan fingerprint density at radius 1 is 1.42 bits per heavy atom. The maximum absolute atomic E-state index is 12.3. The lowest BCUT2D eigenvalue weighted by atomic mass is 9.96. The van der Waals surface area contributed by atoms with Gasteiger partial charge in [0.05, 0.1) is 10.0 Å². The monoisotopic (exact) mass is 360 g/mol. The molecule has 1 saturated heterocycles. The molecule has 1 aromatic carbocycles. The van der Waals surface area contributed by atoms with Gasteiger partial charge in [-0.1, -0.05) is 23.8 Å². The van der Waals surface area contributed by atoms with Crippen LogP contribution < -0.4 is 5.73 Å². The minimum absolute atomic E-state index is 0.00999. The Bertz CT molecular complexity index is 515. The lowest BCUT2D eigenvalue weighted by Gasteiger charge is -2.31. The first-order valence-corrected chi connectivity index (χ1v) is 7.60. The van der Waals surface area contributed by atoms with Crippen molar-refractivity contribution >= 4 is 50.6 Å². The SMILES string of the molecule is NC(=S)C1CCN(C(=O)c2ccc(Br)c(Cl)c2)CC1. The number of rotatable bonds is 2. The zero-order valence-corrected chi connectivity index (χ0v) is 13.4. The molecule has 6 heteroatoms. The molecule has 0 aromatic heterocycles. The first kappa shape index (κ1) is 14.8. The van der Waals surface area contributed by atoms with Gasteiger partial charge in [-0.15, -0.1) is 0 Å². The van der Waals surface area contributed by atoms with Crippen molar-refractivity contribution < 1.29 is 4.79 Å². The average Bonchev–Trinajstić information content (AvgIpc) is 2.41. The molecule has 19 heavy (non-hydrogen) atoms. The predicted molar refractivity (Wildman–Crippen MR) is 84.6 cm³/mol. The summed E-state index contributed by atoms with van der Waals surface area (Å²) in [6.07, 6.45) is 1.68. The smallest absolute Gasteiger partial charge is 0.253 e. The second-order valence-electron chi connectivity index (χ2n) is 4.60. The van der Waals surface area contributed by atoms with Gasteiger partial charge in [0.25, 0.3) is 5.91 Å². The number of halogens is 2. The molecule has 1 aliphatic rings. The van der Waals surface area contributed by atoms with Gasteiger partial charge in [-0.25, -0.2) is 0 Å². The van der Waals surface area contributed by atoms with E-state index in [4.69, 9.17) is 29.6 Å². The zero-order valence-electron chi connectivity index (χ0n) is 10.2. The first-order chi connectivity index (χ1) is 8.99. The van der Waals surface area contributed by atoms with Crippen LogP contribution in [-0.2, 0) is 0 Å². The minimum atomic E-state index is 0.00999. The number of piperidine rings is 1. The molecule has 0 aliphatic carbocycles. The lowest BCUT2D eigenvalue weighted by molar-refractivity contribution is 0.0710. The number of thiocarbonyl (C=S) groups is 1. The summed E-state index contributed by atoms with van der Waals surface area (Å²) in [5.74, 6) is 0.267. The predicted octanol–water partition coefficient (Wildman–Crippen LogP) is 3.24. The topological polar surface area (TPSA) is 46.3 Å². The highest BCUT2D eigenvalue weighted by atomic mass is 79.9. The Balaban J connectivity index is 2.05. The van der Waals surface area contributed by atoms with Crippen LogP contribution in [-0.4, -0.2) is 28.9 Å². The molecule has 0 spiro atoms. The van der Waals surface area contributed by atoms with E-state index in [0.717, 1.165) is 17.3 Å². The fourth-order valence-corrected chi connectivity index (χ4v) is 2.84. The van der Waals surface area contributed by atoms with Crippen LogP contribution in [0.15, 0.2) is 22.7 Å². The molecular weight excluding hydrogens is 348 g/mol. The molecule has 1 aliphatic heterocycles. The standard InChI is InChI=1S/C13H14BrClN2OS/c14-10-2-1-9(7-11(10)15)13(18)17-5-3-8(4-6-17)12(16)19/h1-2,7-8H,3-6H2,(H2,16,19). The number of likely N-dealkylation sites (tertiary alicyclic amines) is 1. The number of carbonyl (C=O) groups excluding carboxylic acids is 1. The Kier molecular flexibility index (Phi) is 4.81. The minimum Gasteiger partial charge on any atom is -0.393 e. The molecule has 1 amide bonds. The summed E-state index contributed by atoms with van der Waals surface area (Å²) in [6.45, 7) is 1.38. The molecule has 102 valence electrons. The van der Waals surface area contributed by atoms with Gasteiger partial charge in [0.2, 0.25) is 0 Å². The van der Waals surface area contributed by atoms with Crippen LogP contribution in [0.2, 0.25) is 5.02 Å². The number of hydrogen-bond donors (Lipinski definition) is 1. The Hall–Kier alpha value is -0.650. The van der Waals surface area contributed by atoms with Crippen molar-refractivity contribution in [2.24, 2.45) is 11.7 Å². The summed E-state index contributed by atoms with van der Waals surface area (Å²) >= 11 is 14.3.